The summed E-state index contributed by atoms with van der Waals surface area (Å²) in [6.45, 7) is 8.49. The van der Waals surface area contributed by atoms with E-state index in [0.29, 0.717) is 41.1 Å². The maximum atomic E-state index is 14.0. The minimum atomic E-state index is -4.61. The first-order chi connectivity index (χ1) is 21.3. The lowest BCUT2D eigenvalue weighted by atomic mass is 10.0. The predicted octanol–water partition coefficient (Wildman–Crippen LogP) is 5.87. The number of anilines is 4. The summed E-state index contributed by atoms with van der Waals surface area (Å²) in [5.41, 5.74) is 1.44. The van der Waals surface area contributed by atoms with Gasteiger partial charge in [-0.05, 0) is 63.2 Å². The Morgan fingerprint density at radius 1 is 0.933 bits per heavy atom. The molecule has 236 valence electrons. The molecule has 14 heteroatoms. The summed E-state index contributed by atoms with van der Waals surface area (Å²) < 4.78 is 42.1. The van der Waals surface area contributed by atoms with E-state index in [9.17, 15) is 22.8 Å². The van der Waals surface area contributed by atoms with Crippen LogP contribution in [0.1, 0.15) is 48.4 Å². The minimum Gasteiger partial charge on any atom is -0.331 e. The number of amides is 2. The average molecular weight is 639 g/mol. The maximum Gasteiger partial charge on any atom is 0.416 e. The summed E-state index contributed by atoms with van der Waals surface area (Å²) in [6.07, 6.45) is -3.08. The minimum absolute atomic E-state index is 0.118. The standard InChI is InChI=1S/C31H33F3N8O2S/c1-18-5-8-23(15-25(18)39-29(44)30-35-16-27(45-30)40-26-13-19(2)36-20(3)37-26)38-28(43)21-6-7-22(24(14-21)31(32,33)34)17-42-11-9-41(4)10-12-42/h5-8,13-16H,9-12,17H2,1-4H3,(H,38,43)(H,39,44)(H,36,37,40). The molecule has 1 aliphatic heterocycles. The van der Waals surface area contributed by atoms with Crippen molar-refractivity contribution < 1.29 is 22.8 Å². The first-order valence-corrected chi connectivity index (χ1v) is 15.1. The summed E-state index contributed by atoms with van der Waals surface area (Å²) in [4.78, 5) is 42.9. The number of halogens is 3. The molecule has 1 fully saturated rings. The number of hydrogen-bond acceptors (Lipinski definition) is 9. The molecule has 2 aromatic heterocycles. The van der Waals surface area contributed by atoms with E-state index < -0.39 is 23.6 Å². The maximum absolute atomic E-state index is 14.0. The van der Waals surface area contributed by atoms with E-state index in [0.717, 1.165) is 41.8 Å². The second kappa shape index (κ2) is 13.3. The molecule has 3 heterocycles. The van der Waals surface area contributed by atoms with Crippen molar-refractivity contribution in [2.75, 3.05) is 49.2 Å². The van der Waals surface area contributed by atoms with Crippen LogP contribution < -0.4 is 16.0 Å². The number of nitrogens with zero attached hydrogens (tertiary/aromatic N) is 5. The fraction of sp³-hybridized carbons (Fsp3) is 0.323. The molecule has 2 aromatic carbocycles. The van der Waals surface area contributed by atoms with Crippen LogP contribution in [0.15, 0.2) is 48.7 Å². The zero-order valence-electron chi connectivity index (χ0n) is 25.2. The number of carbonyl (C=O) groups excluding carboxylic acids is 2. The van der Waals surface area contributed by atoms with Crippen molar-refractivity contribution in [2.45, 2.75) is 33.5 Å². The number of carbonyl (C=O) groups is 2. The van der Waals surface area contributed by atoms with Crippen molar-refractivity contribution in [3.63, 3.8) is 0 Å². The molecule has 0 aliphatic carbocycles. The van der Waals surface area contributed by atoms with E-state index in [1.165, 1.54) is 18.3 Å². The van der Waals surface area contributed by atoms with Gasteiger partial charge in [-0.15, -0.1) is 0 Å². The Bertz CT molecular complexity index is 1700. The molecule has 2 amide bonds. The van der Waals surface area contributed by atoms with Gasteiger partial charge in [0.15, 0.2) is 5.01 Å². The van der Waals surface area contributed by atoms with E-state index in [2.05, 4.69) is 35.8 Å². The number of aryl methyl sites for hydroxylation is 3. The second-order valence-electron chi connectivity index (χ2n) is 11.0. The van der Waals surface area contributed by atoms with Crippen molar-refractivity contribution in [3.8, 4) is 0 Å². The first-order valence-electron chi connectivity index (χ1n) is 14.2. The molecule has 0 bridgehead atoms. The molecule has 0 unspecified atom stereocenters. The van der Waals surface area contributed by atoms with Crippen molar-refractivity contribution in [2.24, 2.45) is 0 Å². The normalized spacial score (nSPS) is 14.3. The molecular formula is C31H33F3N8O2S. The Hall–Kier alpha value is -4.40. The number of thiazole rings is 1. The molecule has 3 N–H and O–H groups in total. The van der Waals surface area contributed by atoms with Crippen LogP contribution in [0.2, 0.25) is 0 Å². The Morgan fingerprint density at radius 2 is 1.69 bits per heavy atom. The number of benzene rings is 2. The Morgan fingerprint density at radius 3 is 2.40 bits per heavy atom. The van der Waals surface area contributed by atoms with Gasteiger partial charge < -0.3 is 20.9 Å². The van der Waals surface area contributed by atoms with Crippen LogP contribution in [0.25, 0.3) is 0 Å². The molecule has 10 nitrogen and oxygen atoms in total. The fourth-order valence-corrected chi connectivity index (χ4v) is 5.64. The van der Waals surface area contributed by atoms with Gasteiger partial charge in [-0.1, -0.05) is 23.5 Å². The molecule has 1 aliphatic rings. The summed E-state index contributed by atoms with van der Waals surface area (Å²) in [5, 5.41) is 9.39. The monoisotopic (exact) mass is 638 g/mol. The van der Waals surface area contributed by atoms with E-state index in [1.807, 2.05) is 18.9 Å². The lowest BCUT2D eigenvalue weighted by Crippen LogP contribution is -2.44. The van der Waals surface area contributed by atoms with Gasteiger partial charge in [-0.2, -0.15) is 13.2 Å². The van der Waals surface area contributed by atoms with E-state index in [1.54, 1.807) is 38.1 Å². The van der Waals surface area contributed by atoms with Crippen LogP contribution in [0.5, 0.6) is 0 Å². The summed E-state index contributed by atoms with van der Waals surface area (Å²) >= 11 is 1.14. The molecule has 45 heavy (non-hydrogen) atoms. The highest BCUT2D eigenvalue weighted by Gasteiger charge is 2.34. The number of hydrogen-bond donors (Lipinski definition) is 3. The molecule has 5 rings (SSSR count). The summed E-state index contributed by atoms with van der Waals surface area (Å²) in [5.74, 6) is 0.0439. The number of piperazine rings is 1. The van der Waals surface area contributed by atoms with Crippen LogP contribution in [-0.4, -0.2) is 69.8 Å². The third-order valence-corrected chi connectivity index (χ3v) is 8.24. The van der Waals surface area contributed by atoms with Crippen LogP contribution in [0.4, 0.5) is 35.4 Å². The molecule has 0 atom stereocenters. The third kappa shape index (κ3) is 8.21. The van der Waals surface area contributed by atoms with E-state index >= 15 is 0 Å². The molecule has 4 aromatic rings. The molecule has 0 spiro atoms. The Labute approximate surface area is 262 Å². The number of rotatable bonds is 8. The Kier molecular flexibility index (Phi) is 9.46. The zero-order chi connectivity index (χ0) is 32.3. The van der Waals surface area contributed by atoms with Gasteiger partial charge in [0.25, 0.3) is 11.8 Å². The fourth-order valence-electron chi connectivity index (χ4n) is 4.92. The number of alkyl halides is 3. The zero-order valence-corrected chi connectivity index (χ0v) is 26.1. The van der Waals surface area contributed by atoms with Crippen LogP contribution in [0.3, 0.4) is 0 Å². The van der Waals surface area contributed by atoms with Crippen molar-refractivity contribution in [1.82, 2.24) is 24.8 Å². The Balaban J connectivity index is 1.26. The predicted molar refractivity (Wildman–Crippen MR) is 168 cm³/mol. The van der Waals surface area contributed by atoms with E-state index in [4.69, 9.17) is 0 Å². The summed E-state index contributed by atoms with van der Waals surface area (Å²) in [7, 11) is 1.98. The van der Waals surface area contributed by atoms with Gasteiger partial charge in [0.05, 0.1) is 11.8 Å². The lowest BCUT2D eigenvalue weighted by molar-refractivity contribution is -0.138. The van der Waals surface area contributed by atoms with Crippen molar-refractivity contribution in [3.05, 3.63) is 87.4 Å². The van der Waals surface area contributed by atoms with Crippen molar-refractivity contribution in [1.29, 1.82) is 0 Å². The smallest absolute Gasteiger partial charge is 0.331 e. The highest BCUT2D eigenvalue weighted by atomic mass is 32.1. The van der Waals surface area contributed by atoms with Gasteiger partial charge in [0, 0.05) is 61.4 Å². The summed E-state index contributed by atoms with van der Waals surface area (Å²) in [6, 6.07) is 10.3. The van der Waals surface area contributed by atoms with Crippen molar-refractivity contribution >= 4 is 45.3 Å². The SMILES string of the molecule is Cc1cc(Nc2cnc(C(=O)Nc3cc(NC(=O)c4ccc(CN5CCN(C)CC5)c(C(F)(F)F)c4)ccc3C)s2)nc(C)n1. The van der Waals surface area contributed by atoms with Crippen LogP contribution in [0, 0.1) is 20.8 Å². The molecule has 1 saturated heterocycles. The van der Waals surface area contributed by atoms with Gasteiger partial charge in [0.1, 0.15) is 16.6 Å². The second-order valence-corrected chi connectivity index (χ2v) is 12.0. The molecular weight excluding hydrogens is 605 g/mol. The largest absolute Gasteiger partial charge is 0.416 e. The van der Waals surface area contributed by atoms with Crippen LogP contribution >= 0.6 is 11.3 Å². The first kappa shape index (κ1) is 32.0. The van der Waals surface area contributed by atoms with Crippen LogP contribution in [-0.2, 0) is 12.7 Å². The highest BCUT2D eigenvalue weighted by Crippen LogP contribution is 2.34. The lowest BCUT2D eigenvalue weighted by Gasteiger charge is -2.33. The van der Waals surface area contributed by atoms with Gasteiger partial charge in [-0.3, -0.25) is 14.5 Å². The van der Waals surface area contributed by atoms with Gasteiger partial charge >= 0.3 is 6.18 Å². The quantitative estimate of drug-likeness (QED) is 0.220. The molecule has 0 saturated carbocycles. The number of nitrogens with one attached hydrogen (secondary N) is 3. The average Bonchev–Trinajstić information content (AvgIpc) is 3.43. The van der Waals surface area contributed by atoms with E-state index in [-0.39, 0.29) is 22.7 Å². The number of aromatic nitrogens is 3. The van der Waals surface area contributed by atoms with Gasteiger partial charge in [-0.25, -0.2) is 15.0 Å². The topological polar surface area (TPSA) is 115 Å². The molecule has 0 radical (unpaired) electrons. The van der Waals surface area contributed by atoms with Gasteiger partial charge in [0.2, 0.25) is 0 Å². The highest BCUT2D eigenvalue weighted by molar-refractivity contribution is 7.17. The third-order valence-electron chi connectivity index (χ3n) is 7.33. The number of likely N-dealkylation sites (N-methyl/N-ethyl adjacent to an activating group) is 1.